The Hall–Kier alpha value is -2.84. The molecule has 0 spiro atoms. The molecule has 2 aliphatic rings. The highest BCUT2D eigenvalue weighted by molar-refractivity contribution is 7.92. The number of hydrogen-bond donors (Lipinski definition) is 1. The molecule has 2 heterocycles. The molecule has 6 nitrogen and oxygen atoms in total. The van der Waals surface area contributed by atoms with Crippen molar-refractivity contribution in [3.8, 4) is 5.75 Å². The highest BCUT2D eigenvalue weighted by atomic mass is 32.2. The summed E-state index contributed by atoms with van der Waals surface area (Å²) in [5.74, 6) is 0.645. The maximum Gasteiger partial charge on any atom is 0.264 e. The lowest BCUT2D eigenvalue weighted by Gasteiger charge is -2.31. The average Bonchev–Trinajstić information content (AvgIpc) is 3.56. The number of fused-ring (bicyclic) bond motifs is 1. The minimum atomic E-state index is -3.70. The first-order chi connectivity index (χ1) is 16.4. The number of thiophene rings is 1. The van der Waals surface area contributed by atoms with E-state index in [1.165, 1.54) is 4.31 Å². The number of carbonyl (C=O) groups excluding carboxylic acids is 1. The van der Waals surface area contributed by atoms with Crippen molar-refractivity contribution in [2.45, 2.75) is 48.8 Å². The highest BCUT2D eigenvalue weighted by Crippen LogP contribution is 2.44. The molecule has 1 aliphatic heterocycles. The van der Waals surface area contributed by atoms with Gasteiger partial charge in [0.25, 0.3) is 10.0 Å². The van der Waals surface area contributed by atoms with Gasteiger partial charge in [-0.05, 0) is 85.2 Å². The Kier molecular flexibility index (Phi) is 6.12. The van der Waals surface area contributed by atoms with Gasteiger partial charge in [0.1, 0.15) is 5.75 Å². The van der Waals surface area contributed by atoms with Crippen LogP contribution in [0.25, 0.3) is 0 Å². The van der Waals surface area contributed by atoms with Gasteiger partial charge in [-0.15, -0.1) is 11.3 Å². The Morgan fingerprint density at radius 2 is 1.82 bits per heavy atom. The SMILES string of the molecule is COc1ccc(S(=O)(=O)N2CCCc3cc(NC(=O)C4(c5cccs5)CCCC4)ccc32)cc1. The summed E-state index contributed by atoms with van der Waals surface area (Å²) in [4.78, 5) is 14.8. The number of rotatable bonds is 6. The first-order valence-corrected chi connectivity index (χ1v) is 13.9. The Labute approximate surface area is 204 Å². The molecule has 5 rings (SSSR count). The zero-order valence-corrected chi connectivity index (χ0v) is 20.8. The van der Waals surface area contributed by atoms with Crippen LogP contribution in [0.1, 0.15) is 42.5 Å². The summed E-state index contributed by atoms with van der Waals surface area (Å²) in [6.45, 7) is 0.425. The Morgan fingerprint density at radius 1 is 1.06 bits per heavy atom. The van der Waals surface area contributed by atoms with Crippen molar-refractivity contribution in [1.82, 2.24) is 0 Å². The zero-order chi connectivity index (χ0) is 23.8. The fourth-order valence-corrected chi connectivity index (χ4v) is 7.65. The normalized spacial score (nSPS) is 17.3. The second-order valence-electron chi connectivity index (χ2n) is 8.92. The lowest BCUT2D eigenvalue weighted by molar-refractivity contribution is -0.121. The number of methoxy groups -OCH3 is 1. The molecule has 8 heteroatoms. The fraction of sp³-hybridized carbons (Fsp3) is 0.346. The first kappa shape index (κ1) is 22.9. The summed E-state index contributed by atoms with van der Waals surface area (Å²) in [6, 6.07) is 16.1. The Morgan fingerprint density at radius 3 is 2.50 bits per heavy atom. The topological polar surface area (TPSA) is 75.7 Å². The van der Waals surface area contributed by atoms with Gasteiger partial charge < -0.3 is 10.1 Å². The number of sulfonamides is 1. The van der Waals surface area contributed by atoms with Gasteiger partial charge in [0.2, 0.25) is 5.91 Å². The molecule has 3 aromatic rings. The van der Waals surface area contributed by atoms with Crippen LogP contribution in [0.5, 0.6) is 5.75 Å². The third-order valence-electron chi connectivity index (χ3n) is 6.95. The molecule has 1 amide bonds. The molecular formula is C26H28N2O4S2. The van der Waals surface area contributed by atoms with Gasteiger partial charge in [-0.1, -0.05) is 18.9 Å². The number of carbonyl (C=O) groups is 1. The molecule has 2 aromatic carbocycles. The van der Waals surface area contributed by atoms with E-state index in [1.807, 2.05) is 29.6 Å². The van der Waals surface area contributed by atoms with Crippen molar-refractivity contribution in [3.05, 3.63) is 70.4 Å². The molecule has 1 saturated carbocycles. The van der Waals surface area contributed by atoms with E-state index < -0.39 is 15.4 Å². The summed E-state index contributed by atoms with van der Waals surface area (Å²) >= 11 is 1.64. The highest BCUT2D eigenvalue weighted by Gasteiger charge is 2.43. The monoisotopic (exact) mass is 496 g/mol. The number of benzene rings is 2. The second-order valence-corrected chi connectivity index (χ2v) is 11.7. The minimum Gasteiger partial charge on any atom is -0.497 e. The number of anilines is 2. The molecule has 0 bridgehead atoms. The average molecular weight is 497 g/mol. The molecule has 1 aliphatic carbocycles. The number of amides is 1. The molecular weight excluding hydrogens is 468 g/mol. The van der Waals surface area contributed by atoms with Crippen LogP contribution in [0.3, 0.4) is 0 Å². The van der Waals surface area contributed by atoms with Crippen molar-refractivity contribution in [3.63, 3.8) is 0 Å². The summed E-state index contributed by atoms with van der Waals surface area (Å²) in [5.41, 5.74) is 1.86. The number of nitrogens with zero attached hydrogens (tertiary/aromatic N) is 1. The van der Waals surface area contributed by atoms with Crippen LogP contribution in [0.4, 0.5) is 11.4 Å². The lowest BCUT2D eigenvalue weighted by atomic mass is 9.83. The molecule has 1 aromatic heterocycles. The molecule has 0 atom stereocenters. The van der Waals surface area contributed by atoms with Crippen LogP contribution in [-0.2, 0) is 26.7 Å². The van der Waals surface area contributed by atoms with Crippen molar-refractivity contribution in [2.24, 2.45) is 0 Å². The van der Waals surface area contributed by atoms with Gasteiger partial charge in [0.05, 0.1) is 23.1 Å². The summed E-state index contributed by atoms with van der Waals surface area (Å²) in [5, 5.41) is 5.17. The van der Waals surface area contributed by atoms with Gasteiger partial charge >= 0.3 is 0 Å². The van der Waals surface area contributed by atoms with E-state index in [0.717, 1.165) is 54.7 Å². The van der Waals surface area contributed by atoms with E-state index >= 15 is 0 Å². The van der Waals surface area contributed by atoms with Crippen LogP contribution >= 0.6 is 11.3 Å². The largest absolute Gasteiger partial charge is 0.497 e. The van der Waals surface area contributed by atoms with E-state index in [4.69, 9.17) is 4.74 Å². The predicted octanol–water partition coefficient (Wildman–Crippen LogP) is 5.35. The molecule has 178 valence electrons. The van der Waals surface area contributed by atoms with Crippen LogP contribution < -0.4 is 14.4 Å². The summed E-state index contributed by atoms with van der Waals surface area (Å²) < 4.78 is 33.4. The Bertz CT molecular complexity index is 1280. The van der Waals surface area contributed by atoms with Crippen molar-refractivity contribution < 1.29 is 17.9 Å². The maximum atomic E-state index is 13.4. The number of aryl methyl sites for hydroxylation is 1. The number of nitrogens with one attached hydrogen (secondary N) is 1. The van der Waals surface area contributed by atoms with Crippen LogP contribution in [0.15, 0.2) is 64.9 Å². The Balaban J connectivity index is 1.41. The van der Waals surface area contributed by atoms with E-state index in [2.05, 4.69) is 11.4 Å². The molecule has 0 radical (unpaired) electrons. The predicted molar refractivity (Wildman–Crippen MR) is 135 cm³/mol. The van der Waals surface area contributed by atoms with Gasteiger partial charge in [0, 0.05) is 17.1 Å². The second kappa shape index (κ2) is 9.07. The van der Waals surface area contributed by atoms with Gasteiger partial charge in [-0.25, -0.2) is 8.42 Å². The van der Waals surface area contributed by atoms with E-state index in [0.29, 0.717) is 18.0 Å². The standard InChI is InChI=1S/C26H28N2O4S2/c1-32-21-9-11-22(12-10-21)34(30,31)28-16-4-6-19-18-20(8-13-23(19)28)27-25(29)26(14-2-3-15-26)24-7-5-17-33-24/h5,7-13,17-18H,2-4,6,14-16H2,1H3,(H,27,29). The molecule has 1 N–H and O–H groups in total. The van der Waals surface area contributed by atoms with Crippen molar-refractivity contribution in [1.29, 1.82) is 0 Å². The third kappa shape index (κ3) is 3.99. The maximum absolute atomic E-state index is 13.4. The minimum absolute atomic E-state index is 0.0333. The molecule has 0 unspecified atom stereocenters. The van der Waals surface area contributed by atoms with Gasteiger partial charge in [-0.3, -0.25) is 9.10 Å². The van der Waals surface area contributed by atoms with Gasteiger partial charge in [0.15, 0.2) is 0 Å². The zero-order valence-electron chi connectivity index (χ0n) is 19.1. The number of ether oxygens (including phenoxy) is 1. The first-order valence-electron chi connectivity index (χ1n) is 11.6. The van der Waals surface area contributed by atoms with Crippen LogP contribution in [-0.4, -0.2) is 28.0 Å². The van der Waals surface area contributed by atoms with E-state index in [9.17, 15) is 13.2 Å². The number of hydrogen-bond acceptors (Lipinski definition) is 5. The van der Waals surface area contributed by atoms with Crippen molar-refractivity contribution >= 4 is 38.6 Å². The smallest absolute Gasteiger partial charge is 0.264 e. The van der Waals surface area contributed by atoms with Gasteiger partial charge in [-0.2, -0.15) is 0 Å². The molecule has 1 fully saturated rings. The van der Waals surface area contributed by atoms with Crippen molar-refractivity contribution in [2.75, 3.05) is 23.3 Å². The fourth-order valence-electron chi connectivity index (χ4n) is 5.13. The van der Waals surface area contributed by atoms with E-state index in [-0.39, 0.29) is 10.8 Å². The quantitative estimate of drug-likeness (QED) is 0.499. The third-order valence-corrected chi connectivity index (χ3v) is 9.85. The van der Waals surface area contributed by atoms with E-state index in [1.54, 1.807) is 42.7 Å². The summed E-state index contributed by atoms with van der Waals surface area (Å²) in [6.07, 6.45) is 5.31. The van der Waals surface area contributed by atoms with Crippen LogP contribution in [0, 0.1) is 0 Å². The lowest BCUT2D eigenvalue weighted by Crippen LogP contribution is -2.37. The van der Waals surface area contributed by atoms with Crippen LogP contribution in [0.2, 0.25) is 0 Å². The summed E-state index contributed by atoms with van der Waals surface area (Å²) in [7, 11) is -2.15. The molecule has 34 heavy (non-hydrogen) atoms. The molecule has 0 saturated heterocycles.